The van der Waals surface area contributed by atoms with Gasteiger partial charge in [-0.2, -0.15) is 0 Å². The molecule has 1 N–H and O–H groups in total. The molecule has 19 heavy (non-hydrogen) atoms. The van der Waals surface area contributed by atoms with E-state index in [0.717, 1.165) is 0 Å². The molecule has 1 aliphatic heterocycles. The van der Waals surface area contributed by atoms with Crippen LogP contribution in [0.1, 0.15) is 13.8 Å². The fraction of sp³-hybridized carbons (Fsp3) is 0.636. The molecular formula is C11H17N5O2S. The molecule has 2 rings (SSSR count). The van der Waals surface area contributed by atoms with E-state index in [1.165, 1.54) is 11.8 Å². The summed E-state index contributed by atoms with van der Waals surface area (Å²) in [5, 5.41) is 11.1. The Bertz CT molecular complexity index is 499. The van der Waals surface area contributed by atoms with Gasteiger partial charge in [-0.1, -0.05) is 11.8 Å². The SMILES string of the molecule is Cn1cnnc1SCC(=O)N1CCNC(=O)C1(C)C. The maximum Gasteiger partial charge on any atom is 0.245 e. The van der Waals surface area contributed by atoms with Crippen molar-refractivity contribution in [2.24, 2.45) is 7.05 Å². The minimum absolute atomic E-state index is 0.0622. The normalized spacial score (nSPS) is 18.3. The van der Waals surface area contributed by atoms with E-state index in [0.29, 0.717) is 18.2 Å². The predicted molar refractivity (Wildman–Crippen MR) is 70.5 cm³/mol. The summed E-state index contributed by atoms with van der Waals surface area (Å²) in [5.41, 5.74) is -0.796. The lowest BCUT2D eigenvalue weighted by atomic mass is 9.99. The van der Waals surface area contributed by atoms with E-state index in [2.05, 4.69) is 15.5 Å². The van der Waals surface area contributed by atoms with Crippen LogP contribution in [0.15, 0.2) is 11.5 Å². The average molecular weight is 283 g/mol. The molecule has 104 valence electrons. The highest BCUT2D eigenvalue weighted by atomic mass is 32.2. The molecule has 0 aliphatic carbocycles. The highest BCUT2D eigenvalue weighted by Gasteiger charge is 2.40. The third-order valence-electron chi connectivity index (χ3n) is 3.15. The van der Waals surface area contributed by atoms with E-state index in [4.69, 9.17) is 0 Å². The molecule has 8 heteroatoms. The predicted octanol–water partition coefficient (Wildman–Crippen LogP) is -0.356. The van der Waals surface area contributed by atoms with Crippen LogP contribution in [0.25, 0.3) is 0 Å². The van der Waals surface area contributed by atoms with Crippen LogP contribution >= 0.6 is 11.8 Å². The van der Waals surface area contributed by atoms with Crippen molar-refractivity contribution in [3.8, 4) is 0 Å². The van der Waals surface area contributed by atoms with Crippen molar-refractivity contribution in [1.82, 2.24) is 25.0 Å². The van der Waals surface area contributed by atoms with Gasteiger partial charge in [-0.3, -0.25) is 9.59 Å². The zero-order chi connectivity index (χ0) is 14.0. The molecule has 0 saturated carbocycles. The summed E-state index contributed by atoms with van der Waals surface area (Å²) >= 11 is 1.32. The van der Waals surface area contributed by atoms with Gasteiger partial charge in [-0.05, 0) is 13.8 Å². The summed E-state index contributed by atoms with van der Waals surface area (Å²) in [6.07, 6.45) is 1.59. The van der Waals surface area contributed by atoms with Crippen molar-refractivity contribution in [2.45, 2.75) is 24.5 Å². The van der Waals surface area contributed by atoms with Crippen molar-refractivity contribution in [3.05, 3.63) is 6.33 Å². The monoisotopic (exact) mass is 283 g/mol. The number of amides is 2. The molecule has 0 spiro atoms. The summed E-state index contributed by atoms with van der Waals surface area (Å²) in [4.78, 5) is 25.6. The lowest BCUT2D eigenvalue weighted by Gasteiger charge is -2.41. The van der Waals surface area contributed by atoms with E-state index < -0.39 is 5.54 Å². The van der Waals surface area contributed by atoms with Crippen molar-refractivity contribution in [3.63, 3.8) is 0 Å². The quantitative estimate of drug-likeness (QED) is 0.767. The lowest BCUT2D eigenvalue weighted by molar-refractivity contribution is -0.147. The van der Waals surface area contributed by atoms with Gasteiger partial charge in [-0.25, -0.2) is 0 Å². The summed E-state index contributed by atoms with van der Waals surface area (Å²) in [7, 11) is 1.82. The molecule has 1 aromatic heterocycles. The molecule has 0 bridgehead atoms. The second-order valence-corrected chi connectivity index (χ2v) is 5.82. The molecule has 1 aliphatic rings. The molecule has 0 unspecified atom stereocenters. The number of hydrogen-bond acceptors (Lipinski definition) is 5. The zero-order valence-corrected chi connectivity index (χ0v) is 12.0. The molecule has 1 aromatic rings. The number of aryl methyl sites for hydroxylation is 1. The smallest absolute Gasteiger partial charge is 0.245 e. The zero-order valence-electron chi connectivity index (χ0n) is 11.2. The number of aromatic nitrogens is 3. The molecule has 1 fully saturated rings. The van der Waals surface area contributed by atoms with Gasteiger partial charge in [0.15, 0.2) is 5.16 Å². The number of nitrogens with zero attached hydrogens (tertiary/aromatic N) is 4. The first-order chi connectivity index (χ1) is 8.93. The first-order valence-corrected chi connectivity index (χ1v) is 6.97. The van der Waals surface area contributed by atoms with Crippen LogP contribution in [0.4, 0.5) is 0 Å². The third-order valence-corrected chi connectivity index (χ3v) is 4.17. The van der Waals surface area contributed by atoms with Crippen molar-refractivity contribution in [2.75, 3.05) is 18.8 Å². The molecular weight excluding hydrogens is 266 g/mol. The molecule has 0 aromatic carbocycles. The summed E-state index contributed by atoms with van der Waals surface area (Å²) in [5.74, 6) is 0.0760. The van der Waals surface area contributed by atoms with Crippen molar-refractivity contribution in [1.29, 1.82) is 0 Å². The molecule has 7 nitrogen and oxygen atoms in total. The number of nitrogens with one attached hydrogen (secondary N) is 1. The van der Waals surface area contributed by atoms with Gasteiger partial charge < -0.3 is 14.8 Å². The van der Waals surface area contributed by atoms with Crippen LogP contribution in [0.2, 0.25) is 0 Å². The molecule has 0 radical (unpaired) electrons. The Morgan fingerprint density at radius 2 is 2.32 bits per heavy atom. The van der Waals surface area contributed by atoms with Gasteiger partial charge in [0.25, 0.3) is 0 Å². The first-order valence-electron chi connectivity index (χ1n) is 5.98. The van der Waals surface area contributed by atoms with Gasteiger partial charge >= 0.3 is 0 Å². The Labute approximate surface area is 115 Å². The van der Waals surface area contributed by atoms with Crippen molar-refractivity contribution < 1.29 is 9.59 Å². The van der Waals surface area contributed by atoms with E-state index in [-0.39, 0.29) is 17.6 Å². The highest BCUT2D eigenvalue weighted by Crippen LogP contribution is 2.21. The molecule has 1 saturated heterocycles. The van der Waals surface area contributed by atoms with Crippen LogP contribution in [0, 0.1) is 0 Å². The van der Waals surface area contributed by atoms with Gasteiger partial charge in [-0.15, -0.1) is 10.2 Å². The number of hydrogen-bond donors (Lipinski definition) is 1. The Kier molecular flexibility index (Phi) is 3.79. The van der Waals surface area contributed by atoms with Crippen LogP contribution < -0.4 is 5.32 Å². The maximum absolute atomic E-state index is 12.2. The number of carbonyl (C=O) groups excluding carboxylic acids is 2. The van der Waals surface area contributed by atoms with E-state index in [1.54, 1.807) is 29.6 Å². The van der Waals surface area contributed by atoms with E-state index in [9.17, 15) is 9.59 Å². The average Bonchev–Trinajstić information content (AvgIpc) is 2.75. The number of carbonyl (C=O) groups is 2. The van der Waals surface area contributed by atoms with Gasteiger partial charge in [0.1, 0.15) is 11.9 Å². The Balaban J connectivity index is 2.00. The lowest BCUT2D eigenvalue weighted by Crippen LogP contribution is -2.63. The molecule has 2 amide bonds. The number of thioether (sulfide) groups is 1. The topological polar surface area (TPSA) is 80.1 Å². The van der Waals surface area contributed by atoms with Crippen LogP contribution in [-0.2, 0) is 16.6 Å². The fourth-order valence-corrected chi connectivity index (χ4v) is 2.71. The van der Waals surface area contributed by atoms with Gasteiger partial charge in [0, 0.05) is 20.1 Å². The Hall–Kier alpha value is -1.57. The van der Waals surface area contributed by atoms with Crippen molar-refractivity contribution >= 4 is 23.6 Å². The second-order valence-electron chi connectivity index (χ2n) is 4.87. The van der Waals surface area contributed by atoms with Crippen LogP contribution in [0.3, 0.4) is 0 Å². The maximum atomic E-state index is 12.2. The van der Waals surface area contributed by atoms with E-state index >= 15 is 0 Å². The Morgan fingerprint density at radius 1 is 1.58 bits per heavy atom. The second kappa shape index (κ2) is 5.20. The minimum Gasteiger partial charge on any atom is -0.352 e. The summed E-state index contributed by atoms with van der Waals surface area (Å²) in [6.45, 7) is 4.55. The fourth-order valence-electron chi connectivity index (χ4n) is 1.94. The first kappa shape index (κ1) is 13.9. The molecule has 0 atom stereocenters. The Morgan fingerprint density at radius 3 is 2.95 bits per heavy atom. The molecule has 2 heterocycles. The summed E-state index contributed by atoms with van der Waals surface area (Å²) in [6, 6.07) is 0. The summed E-state index contributed by atoms with van der Waals surface area (Å²) < 4.78 is 1.76. The van der Waals surface area contributed by atoms with E-state index in [1.807, 2.05) is 7.05 Å². The van der Waals surface area contributed by atoms with Crippen LogP contribution in [0.5, 0.6) is 0 Å². The van der Waals surface area contributed by atoms with Gasteiger partial charge in [0.2, 0.25) is 11.8 Å². The standard InChI is InChI=1S/C11H17N5O2S/c1-11(2)9(18)12-4-5-16(11)8(17)6-19-10-14-13-7-15(10)3/h7H,4-6H2,1-3H3,(H,12,18). The highest BCUT2D eigenvalue weighted by molar-refractivity contribution is 7.99. The largest absolute Gasteiger partial charge is 0.352 e. The minimum atomic E-state index is -0.796. The van der Waals surface area contributed by atoms with Gasteiger partial charge in [0.05, 0.1) is 5.75 Å². The number of rotatable bonds is 3. The third kappa shape index (κ3) is 2.73. The van der Waals surface area contributed by atoms with Crippen LogP contribution in [-0.4, -0.2) is 55.9 Å². The number of piperazine rings is 1.